The first kappa shape index (κ1) is 20.0. The summed E-state index contributed by atoms with van der Waals surface area (Å²) in [5.41, 5.74) is 1.72. The monoisotopic (exact) mass is 527 g/mol. The number of aryl methyl sites for hydroxylation is 2. The number of morpholine rings is 1. The average Bonchev–Trinajstić information content (AvgIpc) is 3.04. The zero-order chi connectivity index (χ0) is 19.7. The van der Waals surface area contributed by atoms with Crippen LogP contribution in [0.3, 0.4) is 0 Å². The second-order valence-corrected chi connectivity index (χ2v) is 11.5. The molecule has 2 aliphatic rings. The minimum Gasteiger partial charge on any atom is -0.431 e. The highest BCUT2D eigenvalue weighted by Crippen LogP contribution is 2.56. The van der Waals surface area contributed by atoms with Crippen molar-refractivity contribution in [2.75, 3.05) is 26.3 Å². The van der Waals surface area contributed by atoms with E-state index in [1.54, 1.807) is 4.68 Å². The fourth-order valence-electron chi connectivity index (χ4n) is 3.32. The maximum absolute atomic E-state index is 9.01. The standard InChI is InChI=1S/C18H19IN5O2PS/c1-13-16-17(24(22-13)8-2-7-20)21-18(14-3-5-15(19)6-4-14)26-27(16,28)23-9-11-25-12-10-23/h3-6H,2,8-12H2,1H3. The second kappa shape index (κ2) is 8.20. The Bertz CT molecular complexity index is 1010. The third kappa shape index (κ3) is 3.64. The maximum Gasteiger partial charge on any atom is 0.227 e. The summed E-state index contributed by atoms with van der Waals surface area (Å²) >= 11 is 8.48. The van der Waals surface area contributed by atoms with Crippen molar-refractivity contribution in [1.82, 2.24) is 14.5 Å². The molecule has 1 aromatic carbocycles. The molecule has 146 valence electrons. The van der Waals surface area contributed by atoms with Crippen molar-refractivity contribution in [3.05, 3.63) is 39.1 Å². The van der Waals surface area contributed by atoms with Gasteiger partial charge in [-0.05, 0) is 65.6 Å². The van der Waals surface area contributed by atoms with Gasteiger partial charge in [-0.15, -0.1) is 0 Å². The van der Waals surface area contributed by atoms with E-state index < -0.39 is 6.42 Å². The number of nitrogens with zero attached hydrogens (tertiary/aromatic N) is 5. The summed E-state index contributed by atoms with van der Waals surface area (Å²) in [4.78, 5) is 4.80. The molecule has 0 N–H and O–H groups in total. The molecule has 2 aromatic rings. The number of hydrogen-bond donors (Lipinski definition) is 0. The lowest BCUT2D eigenvalue weighted by molar-refractivity contribution is 0.0723. The summed E-state index contributed by atoms with van der Waals surface area (Å²) in [5.74, 6) is 1.25. The topological polar surface area (TPSA) is 75.7 Å². The highest BCUT2D eigenvalue weighted by Gasteiger charge is 2.41. The van der Waals surface area contributed by atoms with E-state index in [0.717, 1.165) is 39.0 Å². The van der Waals surface area contributed by atoms with Gasteiger partial charge in [-0.3, -0.25) is 0 Å². The van der Waals surface area contributed by atoms with E-state index in [0.29, 0.717) is 32.1 Å². The molecule has 28 heavy (non-hydrogen) atoms. The Morgan fingerprint density at radius 1 is 1.29 bits per heavy atom. The molecule has 0 saturated carbocycles. The van der Waals surface area contributed by atoms with Crippen LogP contribution in [0.5, 0.6) is 0 Å². The fourth-order valence-corrected chi connectivity index (χ4v) is 7.45. The van der Waals surface area contributed by atoms with Gasteiger partial charge in [0.15, 0.2) is 5.82 Å². The molecular weight excluding hydrogens is 508 g/mol. The van der Waals surface area contributed by atoms with Gasteiger partial charge in [0.2, 0.25) is 12.3 Å². The van der Waals surface area contributed by atoms with Crippen LogP contribution in [0.15, 0.2) is 29.3 Å². The van der Waals surface area contributed by atoms with Crippen LogP contribution >= 0.6 is 29.0 Å². The molecule has 1 saturated heterocycles. The fraction of sp³-hybridized carbons (Fsp3) is 0.389. The first-order chi connectivity index (χ1) is 13.5. The summed E-state index contributed by atoms with van der Waals surface area (Å²) in [6, 6.07) is 10.2. The molecule has 0 spiro atoms. The van der Waals surface area contributed by atoms with Crippen molar-refractivity contribution in [3.63, 3.8) is 0 Å². The predicted molar refractivity (Wildman–Crippen MR) is 120 cm³/mol. The van der Waals surface area contributed by atoms with Gasteiger partial charge in [0, 0.05) is 22.2 Å². The van der Waals surface area contributed by atoms with E-state index >= 15 is 0 Å². The molecule has 2 aliphatic heterocycles. The molecule has 1 atom stereocenters. The lowest BCUT2D eigenvalue weighted by Crippen LogP contribution is -2.39. The van der Waals surface area contributed by atoms with Crippen LogP contribution in [0.25, 0.3) is 0 Å². The minimum atomic E-state index is -2.57. The molecule has 1 aromatic heterocycles. The molecule has 3 heterocycles. The number of benzene rings is 1. The molecule has 0 radical (unpaired) electrons. The Kier molecular flexibility index (Phi) is 5.86. The normalized spacial score (nSPS) is 22.1. The van der Waals surface area contributed by atoms with Gasteiger partial charge in [-0.25, -0.2) is 9.35 Å². The van der Waals surface area contributed by atoms with Gasteiger partial charge in [0.1, 0.15) is 5.30 Å². The summed E-state index contributed by atoms with van der Waals surface area (Å²) in [5, 5.41) is 14.6. The number of aromatic nitrogens is 2. The number of ether oxygens (including phenoxy) is 1. The Hall–Kier alpha value is -1.31. The Labute approximate surface area is 182 Å². The van der Waals surface area contributed by atoms with Crippen molar-refractivity contribution in [1.29, 1.82) is 5.26 Å². The lowest BCUT2D eigenvalue weighted by atomic mass is 10.2. The molecular formula is C18H19IN5O2PS. The third-order valence-electron chi connectivity index (χ3n) is 4.66. The molecule has 0 amide bonds. The van der Waals surface area contributed by atoms with Crippen LogP contribution in [0.1, 0.15) is 17.7 Å². The Balaban J connectivity index is 1.85. The van der Waals surface area contributed by atoms with Crippen molar-refractivity contribution >= 4 is 57.8 Å². The molecule has 0 bridgehead atoms. The van der Waals surface area contributed by atoms with Crippen molar-refractivity contribution in [2.45, 2.75) is 19.9 Å². The van der Waals surface area contributed by atoms with Gasteiger partial charge in [0.25, 0.3) is 0 Å². The minimum absolute atomic E-state index is 0.364. The van der Waals surface area contributed by atoms with Gasteiger partial charge in [0.05, 0.1) is 37.9 Å². The van der Waals surface area contributed by atoms with Crippen molar-refractivity contribution in [3.8, 4) is 6.07 Å². The number of aliphatic imine (C=N–C) groups is 1. The number of nitriles is 1. The molecule has 1 unspecified atom stereocenters. The zero-order valence-corrected chi connectivity index (χ0v) is 19.2. The number of rotatable bonds is 4. The first-order valence-electron chi connectivity index (χ1n) is 8.95. The Morgan fingerprint density at radius 3 is 2.68 bits per heavy atom. The van der Waals surface area contributed by atoms with Crippen molar-refractivity contribution in [2.24, 2.45) is 4.99 Å². The van der Waals surface area contributed by atoms with Crippen LogP contribution in [0.4, 0.5) is 5.82 Å². The van der Waals surface area contributed by atoms with E-state index in [9.17, 15) is 0 Å². The number of fused-ring (bicyclic) bond motifs is 1. The zero-order valence-electron chi connectivity index (χ0n) is 15.3. The third-order valence-corrected chi connectivity index (χ3v) is 9.49. The summed E-state index contributed by atoms with van der Waals surface area (Å²) in [6.07, 6.45) is -2.21. The maximum atomic E-state index is 9.01. The molecule has 4 rings (SSSR count). The average molecular weight is 527 g/mol. The molecule has 7 nitrogen and oxygen atoms in total. The van der Waals surface area contributed by atoms with Crippen molar-refractivity contribution < 1.29 is 9.26 Å². The first-order valence-corrected chi connectivity index (χ1v) is 12.7. The number of halogens is 1. The van der Waals surface area contributed by atoms with Gasteiger partial charge in [-0.2, -0.15) is 15.4 Å². The van der Waals surface area contributed by atoms with E-state index in [1.165, 1.54) is 0 Å². The molecule has 0 aliphatic carbocycles. The van der Waals surface area contributed by atoms with E-state index in [-0.39, 0.29) is 0 Å². The summed E-state index contributed by atoms with van der Waals surface area (Å²) in [6.45, 7) is 5.13. The largest absolute Gasteiger partial charge is 0.431 e. The number of hydrogen-bond acceptors (Lipinski definition) is 6. The SMILES string of the molecule is Cc1nn(CCC#N)c2c1P(=S)(N1CCOCC1)OC(c1ccc(I)cc1)=N2. The van der Waals surface area contributed by atoms with E-state index in [4.69, 9.17) is 31.3 Å². The highest BCUT2D eigenvalue weighted by atomic mass is 127. The van der Waals surface area contributed by atoms with Crippen LogP contribution in [-0.2, 0) is 27.6 Å². The van der Waals surface area contributed by atoms with Crippen LogP contribution < -0.4 is 5.30 Å². The van der Waals surface area contributed by atoms with Crippen LogP contribution in [0.2, 0.25) is 0 Å². The lowest BCUT2D eigenvalue weighted by Gasteiger charge is -2.38. The molecule has 1 fully saturated rings. The quantitative estimate of drug-likeness (QED) is 0.450. The predicted octanol–water partition coefficient (Wildman–Crippen LogP) is 3.09. The Morgan fingerprint density at radius 2 is 2.00 bits per heavy atom. The smallest absolute Gasteiger partial charge is 0.227 e. The van der Waals surface area contributed by atoms with E-state index in [1.807, 2.05) is 31.2 Å². The second-order valence-electron chi connectivity index (χ2n) is 6.49. The molecule has 10 heteroatoms. The summed E-state index contributed by atoms with van der Waals surface area (Å²) < 4.78 is 17.2. The van der Waals surface area contributed by atoms with Gasteiger partial charge in [-0.1, -0.05) is 0 Å². The highest BCUT2D eigenvalue weighted by molar-refractivity contribution is 14.1. The summed E-state index contributed by atoms with van der Waals surface area (Å²) in [7, 11) is 0. The van der Waals surface area contributed by atoms with Gasteiger partial charge >= 0.3 is 0 Å². The van der Waals surface area contributed by atoms with Crippen LogP contribution in [-0.4, -0.2) is 46.7 Å². The van der Waals surface area contributed by atoms with Crippen LogP contribution in [0, 0.1) is 21.8 Å². The van der Waals surface area contributed by atoms with E-state index in [2.05, 4.69) is 38.4 Å². The van der Waals surface area contributed by atoms with Gasteiger partial charge < -0.3 is 9.26 Å².